The van der Waals surface area contributed by atoms with Gasteiger partial charge in [0.25, 0.3) is 17.4 Å². The van der Waals surface area contributed by atoms with Crippen molar-refractivity contribution in [3.05, 3.63) is 51.4 Å². The molecule has 1 aliphatic heterocycles. The molecule has 10 nitrogen and oxygen atoms in total. The van der Waals surface area contributed by atoms with Crippen LogP contribution in [-0.4, -0.2) is 39.2 Å². The summed E-state index contributed by atoms with van der Waals surface area (Å²) in [6.07, 6.45) is 0. The van der Waals surface area contributed by atoms with Gasteiger partial charge in [-0.05, 0) is 18.2 Å². The Labute approximate surface area is 151 Å². The van der Waals surface area contributed by atoms with Gasteiger partial charge in [-0.3, -0.25) is 28.9 Å². The Hall–Kier alpha value is -3.95. The predicted molar refractivity (Wildman–Crippen MR) is 93.9 cm³/mol. The molecule has 136 valence electrons. The van der Waals surface area contributed by atoms with E-state index in [2.05, 4.69) is 10.4 Å². The maximum atomic E-state index is 12.5. The van der Waals surface area contributed by atoms with Gasteiger partial charge in [0, 0.05) is 18.5 Å². The van der Waals surface area contributed by atoms with Crippen molar-refractivity contribution in [2.75, 3.05) is 12.8 Å². The maximum Gasteiger partial charge on any atom is 0.359 e. The molecule has 3 aromatic rings. The molecule has 3 N–H and O–H groups in total. The highest BCUT2D eigenvalue weighted by Crippen LogP contribution is 2.26. The van der Waals surface area contributed by atoms with Crippen molar-refractivity contribution in [1.82, 2.24) is 19.7 Å². The molecular formula is C17H13N5O5. The molecular weight excluding hydrogens is 354 g/mol. The molecule has 1 aliphatic rings. The number of benzene rings is 1. The fourth-order valence-corrected chi connectivity index (χ4v) is 3.19. The number of nitrogens with two attached hydrogens (primary N) is 1. The summed E-state index contributed by atoms with van der Waals surface area (Å²) in [5.74, 6) is -2.12. The van der Waals surface area contributed by atoms with Crippen molar-refractivity contribution >= 4 is 34.5 Å². The van der Waals surface area contributed by atoms with Crippen LogP contribution in [0, 0.1) is 0 Å². The van der Waals surface area contributed by atoms with Gasteiger partial charge in [0.1, 0.15) is 5.82 Å². The third-order valence-electron chi connectivity index (χ3n) is 4.42. The lowest BCUT2D eigenvalue weighted by molar-refractivity contribution is 0.0595. The molecule has 0 atom stereocenters. The van der Waals surface area contributed by atoms with E-state index < -0.39 is 23.3 Å². The van der Waals surface area contributed by atoms with E-state index in [1.54, 1.807) is 25.2 Å². The van der Waals surface area contributed by atoms with Gasteiger partial charge in [-0.25, -0.2) is 4.79 Å². The number of nitrogens with one attached hydrogen (secondary N) is 1. The molecule has 0 bridgehead atoms. The highest BCUT2D eigenvalue weighted by Gasteiger charge is 2.32. The van der Waals surface area contributed by atoms with Gasteiger partial charge in [0.2, 0.25) is 0 Å². The molecule has 0 spiro atoms. The molecule has 0 unspecified atom stereocenters. The zero-order valence-corrected chi connectivity index (χ0v) is 14.3. The summed E-state index contributed by atoms with van der Waals surface area (Å²) in [6, 6.07) is 5.87. The Morgan fingerprint density at radius 2 is 1.93 bits per heavy atom. The number of carbonyl (C=O) groups is 3. The minimum Gasteiger partial charge on any atom is -0.464 e. The molecule has 0 fully saturated rings. The number of anilines is 1. The number of methoxy groups -OCH3 is 1. The fourth-order valence-electron chi connectivity index (χ4n) is 3.19. The zero-order valence-electron chi connectivity index (χ0n) is 14.3. The lowest BCUT2D eigenvalue weighted by atomic mass is 10.1. The molecule has 2 amide bonds. The quantitative estimate of drug-likeness (QED) is 0.479. The summed E-state index contributed by atoms with van der Waals surface area (Å²) < 4.78 is 7.35. The molecule has 0 radical (unpaired) electrons. The van der Waals surface area contributed by atoms with Crippen molar-refractivity contribution in [2.45, 2.75) is 0 Å². The number of nitrogen functional groups attached to an aromatic ring is 1. The Morgan fingerprint density at radius 3 is 2.63 bits per heavy atom. The van der Waals surface area contributed by atoms with Crippen molar-refractivity contribution < 1.29 is 19.1 Å². The highest BCUT2D eigenvalue weighted by molar-refractivity contribution is 6.23. The number of amides is 2. The monoisotopic (exact) mass is 367 g/mol. The largest absolute Gasteiger partial charge is 0.464 e. The van der Waals surface area contributed by atoms with Crippen LogP contribution >= 0.6 is 0 Å². The first-order chi connectivity index (χ1) is 12.8. The van der Waals surface area contributed by atoms with E-state index in [4.69, 9.17) is 10.5 Å². The van der Waals surface area contributed by atoms with Gasteiger partial charge >= 0.3 is 5.97 Å². The number of rotatable bonds is 2. The molecule has 27 heavy (non-hydrogen) atoms. The van der Waals surface area contributed by atoms with E-state index in [0.29, 0.717) is 16.6 Å². The number of aryl methyl sites for hydroxylation is 1. The SMILES string of the molecule is COC(=O)c1nn(C)c2ccc(-n3c(N)c4c(cc3=O)C(=O)NC4=O)cc12. The van der Waals surface area contributed by atoms with Crippen LogP contribution in [0.2, 0.25) is 0 Å². The first-order valence-electron chi connectivity index (χ1n) is 7.80. The summed E-state index contributed by atoms with van der Waals surface area (Å²) in [4.78, 5) is 48.3. The Bertz CT molecular complexity index is 1240. The Morgan fingerprint density at radius 1 is 1.19 bits per heavy atom. The van der Waals surface area contributed by atoms with Crippen molar-refractivity contribution in [1.29, 1.82) is 0 Å². The van der Waals surface area contributed by atoms with E-state index >= 15 is 0 Å². The van der Waals surface area contributed by atoms with Gasteiger partial charge in [-0.1, -0.05) is 0 Å². The zero-order chi connectivity index (χ0) is 19.5. The lowest BCUT2D eigenvalue weighted by Gasteiger charge is -2.12. The van der Waals surface area contributed by atoms with Gasteiger partial charge in [-0.15, -0.1) is 0 Å². The summed E-state index contributed by atoms with van der Waals surface area (Å²) in [5.41, 5.74) is 6.37. The minimum absolute atomic E-state index is 0.0564. The second-order valence-corrected chi connectivity index (χ2v) is 5.94. The van der Waals surface area contributed by atoms with Gasteiger partial charge in [0.05, 0.1) is 29.4 Å². The van der Waals surface area contributed by atoms with Crippen LogP contribution in [0.5, 0.6) is 0 Å². The number of fused-ring (bicyclic) bond motifs is 2. The lowest BCUT2D eigenvalue weighted by Crippen LogP contribution is -2.24. The van der Waals surface area contributed by atoms with Crippen LogP contribution in [0.25, 0.3) is 16.6 Å². The van der Waals surface area contributed by atoms with Gasteiger partial charge in [0.15, 0.2) is 5.69 Å². The second-order valence-electron chi connectivity index (χ2n) is 5.94. The number of nitrogens with zero attached hydrogens (tertiary/aromatic N) is 3. The average Bonchev–Trinajstić information content (AvgIpc) is 3.11. The Balaban J connectivity index is 2.00. The van der Waals surface area contributed by atoms with Crippen LogP contribution in [0.4, 0.5) is 5.82 Å². The normalized spacial score (nSPS) is 13.0. The van der Waals surface area contributed by atoms with Gasteiger partial charge < -0.3 is 10.5 Å². The highest BCUT2D eigenvalue weighted by atomic mass is 16.5. The standard InChI is InChI=1S/C17H13N5O5/c1-21-10-4-3-7(5-8(10)13(20-21)17(26)27-2)22-11(23)6-9-12(14(22)18)16(25)19-15(9)24/h3-6H,18H2,1-2H3,(H,19,24,25). The topological polar surface area (TPSA) is 138 Å². The van der Waals surface area contributed by atoms with Crippen molar-refractivity contribution in [3.63, 3.8) is 0 Å². The van der Waals surface area contributed by atoms with Crippen LogP contribution in [-0.2, 0) is 11.8 Å². The fraction of sp³-hybridized carbons (Fsp3) is 0.118. The number of hydrogen-bond acceptors (Lipinski definition) is 7. The molecule has 0 saturated carbocycles. The first-order valence-corrected chi connectivity index (χ1v) is 7.80. The van der Waals surface area contributed by atoms with E-state index in [0.717, 1.165) is 10.6 Å². The van der Waals surface area contributed by atoms with Gasteiger partial charge in [-0.2, -0.15) is 5.10 Å². The average molecular weight is 367 g/mol. The van der Waals surface area contributed by atoms with Crippen molar-refractivity contribution in [2.24, 2.45) is 7.05 Å². The van der Waals surface area contributed by atoms with E-state index in [9.17, 15) is 19.2 Å². The second kappa shape index (κ2) is 5.53. The number of aromatic nitrogens is 3. The molecule has 0 saturated heterocycles. The van der Waals surface area contributed by atoms with E-state index in [-0.39, 0.29) is 22.6 Å². The molecule has 1 aromatic carbocycles. The minimum atomic E-state index is -0.668. The number of esters is 1. The summed E-state index contributed by atoms with van der Waals surface area (Å²) in [5, 5.41) is 6.70. The van der Waals surface area contributed by atoms with Crippen LogP contribution in [0.1, 0.15) is 31.2 Å². The molecule has 0 aliphatic carbocycles. The third kappa shape index (κ3) is 2.23. The van der Waals surface area contributed by atoms with Crippen LogP contribution < -0.4 is 16.6 Å². The number of pyridine rings is 1. The smallest absolute Gasteiger partial charge is 0.359 e. The summed E-state index contributed by atoms with van der Waals surface area (Å²) in [7, 11) is 2.91. The first kappa shape index (κ1) is 16.5. The number of ether oxygens (including phenoxy) is 1. The maximum absolute atomic E-state index is 12.5. The molecule has 10 heteroatoms. The summed E-state index contributed by atoms with van der Waals surface area (Å²) >= 11 is 0. The Kier molecular flexibility index (Phi) is 3.38. The third-order valence-corrected chi connectivity index (χ3v) is 4.42. The molecule has 2 aromatic heterocycles. The summed E-state index contributed by atoms with van der Waals surface area (Å²) in [6.45, 7) is 0. The van der Waals surface area contributed by atoms with E-state index in [1.807, 2.05) is 0 Å². The molecule has 4 rings (SSSR count). The van der Waals surface area contributed by atoms with Crippen molar-refractivity contribution in [3.8, 4) is 5.69 Å². The van der Waals surface area contributed by atoms with Crippen LogP contribution in [0.3, 0.4) is 0 Å². The number of imide groups is 1. The van der Waals surface area contributed by atoms with E-state index in [1.165, 1.54) is 11.8 Å². The van der Waals surface area contributed by atoms with Crippen LogP contribution in [0.15, 0.2) is 29.1 Å². The number of hydrogen-bond donors (Lipinski definition) is 2. The predicted octanol–water partition coefficient (Wildman–Crippen LogP) is -0.0234. The molecule has 3 heterocycles. The number of carbonyl (C=O) groups excluding carboxylic acids is 3.